The fourth-order valence-electron chi connectivity index (χ4n) is 2.59. The lowest BCUT2D eigenvalue weighted by atomic mass is 10.0. The summed E-state index contributed by atoms with van der Waals surface area (Å²) < 4.78 is 13.1. The Labute approximate surface area is 114 Å². The number of ketones is 1. The Balaban J connectivity index is 2.05. The molecule has 4 heteroatoms. The normalized spacial score (nSPS) is 22.2. The van der Waals surface area contributed by atoms with E-state index in [9.17, 15) is 9.18 Å². The van der Waals surface area contributed by atoms with Gasteiger partial charge in [-0.15, -0.1) is 0 Å². The van der Waals surface area contributed by atoms with Crippen molar-refractivity contribution < 1.29 is 9.18 Å². The molecule has 104 valence electrons. The van der Waals surface area contributed by atoms with Gasteiger partial charge in [0, 0.05) is 13.0 Å². The summed E-state index contributed by atoms with van der Waals surface area (Å²) in [5.41, 5.74) is 0.755. The maximum Gasteiger partial charge on any atom is 0.155 e. The van der Waals surface area contributed by atoms with E-state index in [0.29, 0.717) is 6.42 Å². The predicted molar refractivity (Wildman–Crippen MR) is 73.6 cm³/mol. The zero-order chi connectivity index (χ0) is 13.8. The van der Waals surface area contributed by atoms with Crippen LogP contribution in [0.2, 0.25) is 0 Å². The Morgan fingerprint density at radius 1 is 1.37 bits per heavy atom. The molecule has 0 radical (unpaired) electrons. The van der Waals surface area contributed by atoms with Gasteiger partial charge in [-0.2, -0.15) is 0 Å². The van der Waals surface area contributed by atoms with Gasteiger partial charge in [0.15, 0.2) is 5.78 Å². The first-order chi connectivity index (χ1) is 9.06. The molecule has 0 N–H and O–H groups in total. The highest BCUT2D eigenvalue weighted by Crippen LogP contribution is 2.12. The van der Waals surface area contributed by atoms with Gasteiger partial charge < -0.3 is 4.90 Å². The Morgan fingerprint density at radius 3 is 2.89 bits per heavy atom. The Kier molecular flexibility index (Phi) is 4.66. The van der Waals surface area contributed by atoms with Gasteiger partial charge in [0.25, 0.3) is 0 Å². The standard InChI is InChI=1S/C15H21FN2O/c1-17-7-4-8-18(2)14(11-17)15(19)10-12-5-3-6-13(16)9-12/h3,5-6,9,14H,4,7-8,10-11H2,1-2H3. The summed E-state index contributed by atoms with van der Waals surface area (Å²) in [4.78, 5) is 16.7. The number of likely N-dealkylation sites (N-methyl/N-ethyl adjacent to an activating group) is 2. The lowest BCUT2D eigenvalue weighted by molar-refractivity contribution is -0.123. The fourth-order valence-corrected chi connectivity index (χ4v) is 2.59. The van der Waals surface area contributed by atoms with Crippen LogP contribution < -0.4 is 0 Å². The molecule has 0 spiro atoms. The van der Waals surface area contributed by atoms with E-state index in [1.165, 1.54) is 12.1 Å². The van der Waals surface area contributed by atoms with Crippen molar-refractivity contribution in [3.8, 4) is 0 Å². The number of hydrogen-bond donors (Lipinski definition) is 0. The number of rotatable bonds is 3. The second-order valence-electron chi connectivity index (χ2n) is 5.39. The van der Waals surface area contributed by atoms with Crippen molar-refractivity contribution in [3.05, 3.63) is 35.6 Å². The average molecular weight is 264 g/mol. The lowest BCUT2D eigenvalue weighted by Gasteiger charge is -2.26. The van der Waals surface area contributed by atoms with E-state index in [1.807, 2.05) is 14.1 Å². The van der Waals surface area contributed by atoms with Crippen LogP contribution >= 0.6 is 0 Å². The molecule has 1 aliphatic heterocycles. The van der Waals surface area contributed by atoms with Gasteiger partial charge in [-0.25, -0.2) is 4.39 Å². The molecule has 19 heavy (non-hydrogen) atoms. The van der Waals surface area contributed by atoms with Crippen LogP contribution in [-0.2, 0) is 11.2 Å². The van der Waals surface area contributed by atoms with Crippen molar-refractivity contribution in [2.24, 2.45) is 0 Å². The van der Waals surface area contributed by atoms with Crippen LogP contribution in [0.1, 0.15) is 12.0 Å². The molecule has 1 heterocycles. The summed E-state index contributed by atoms with van der Waals surface area (Å²) >= 11 is 0. The number of halogens is 1. The zero-order valence-corrected chi connectivity index (χ0v) is 11.6. The number of nitrogens with zero attached hydrogens (tertiary/aromatic N) is 2. The molecular formula is C15H21FN2O. The van der Waals surface area contributed by atoms with E-state index in [2.05, 4.69) is 9.80 Å². The van der Waals surface area contributed by atoms with Crippen LogP contribution in [0.25, 0.3) is 0 Å². The van der Waals surface area contributed by atoms with E-state index >= 15 is 0 Å². The highest BCUT2D eigenvalue weighted by molar-refractivity contribution is 5.86. The van der Waals surface area contributed by atoms with E-state index in [0.717, 1.165) is 31.6 Å². The summed E-state index contributed by atoms with van der Waals surface area (Å²) in [6.45, 7) is 2.71. The third-order valence-corrected chi connectivity index (χ3v) is 3.71. The highest BCUT2D eigenvalue weighted by Gasteiger charge is 2.26. The second-order valence-corrected chi connectivity index (χ2v) is 5.39. The van der Waals surface area contributed by atoms with E-state index in [-0.39, 0.29) is 17.6 Å². The molecule has 1 fully saturated rings. The van der Waals surface area contributed by atoms with Crippen molar-refractivity contribution in [2.45, 2.75) is 18.9 Å². The molecule has 1 aromatic rings. The van der Waals surface area contributed by atoms with Crippen molar-refractivity contribution in [2.75, 3.05) is 33.7 Å². The van der Waals surface area contributed by atoms with E-state index < -0.39 is 0 Å². The number of carbonyl (C=O) groups excluding carboxylic acids is 1. The number of Topliss-reactive ketones (excluding diaryl/α,β-unsaturated/α-hetero) is 1. The molecular weight excluding hydrogens is 243 g/mol. The maximum atomic E-state index is 13.1. The Bertz CT molecular complexity index is 450. The molecule has 0 aromatic heterocycles. The van der Waals surface area contributed by atoms with Crippen molar-refractivity contribution >= 4 is 5.78 Å². The van der Waals surface area contributed by atoms with Crippen molar-refractivity contribution in [1.29, 1.82) is 0 Å². The number of benzene rings is 1. The Morgan fingerprint density at radius 2 is 2.16 bits per heavy atom. The smallest absolute Gasteiger partial charge is 0.155 e. The maximum absolute atomic E-state index is 13.1. The minimum absolute atomic E-state index is 0.0873. The first-order valence-corrected chi connectivity index (χ1v) is 6.72. The monoisotopic (exact) mass is 264 g/mol. The molecule has 3 nitrogen and oxygen atoms in total. The van der Waals surface area contributed by atoms with Gasteiger partial charge in [0.2, 0.25) is 0 Å². The highest BCUT2D eigenvalue weighted by atomic mass is 19.1. The summed E-state index contributed by atoms with van der Waals surface area (Å²) in [7, 11) is 4.04. The van der Waals surface area contributed by atoms with Gasteiger partial charge in [-0.1, -0.05) is 12.1 Å². The predicted octanol–water partition coefficient (Wildman–Crippen LogP) is 1.57. The van der Waals surface area contributed by atoms with E-state index in [1.54, 1.807) is 12.1 Å². The van der Waals surface area contributed by atoms with Crippen molar-refractivity contribution in [1.82, 2.24) is 9.80 Å². The van der Waals surface area contributed by atoms with Gasteiger partial charge in [0.05, 0.1) is 6.04 Å². The van der Waals surface area contributed by atoms with Crippen LogP contribution in [0.4, 0.5) is 4.39 Å². The van der Waals surface area contributed by atoms with Crippen LogP contribution in [-0.4, -0.2) is 55.4 Å². The molecule has 1 saturated heterocycles. The minimum atomic E-state index is -0.281. The summed E-state index contributed by atoms with van der Waals surface area (Å²) in [6.07, 6.45) is 1.39. The van der Waals surface area contributed by atoms with Gasteiger partial charge in [-0.3, -0.25) is 9.69 Å². The fraction of sp³-hybridized carbons (Fsp3) is 0.533. The third-order valence-electron chi connectivity index (χ3n) is 3.71. The molecule has 2 rings (SSSR count). The summed E-state index contributed by atoms with van der Waals surface area (Å²) in [5.74, 6) is -0.113. The lowest BCUT2D eigenvalue weighted by Crippen LogP contribution is -2.44. The molecule has 1 aromatic carbocycles. The largest absolute Gasteiger partial charge is 0.304 e. The first kappa shape index (κ1) is 14.2. The second kappa shape index (κ2) is 6.26. The van der Waals surface area contributed by atoms with Crippen LogP contribution in [0, 0.1) is 5.82 Å². The van der Waals surface area contributed by atoms with Gasteiger partial charge >= 0.3 is 0 Å². The van der Waals surface area contributed by atoms with Crippen LogP contribution in [0.5, 0.6) is 0 Å². The molecule has 1 unspecified atom stereocenters. The third kappa shape index (κ3) is 3.85. The molecule has 0 amide bonds. The summed E-state index contributed by atoms with van der Waals surface area (Å²) in [6, 6.07) is 6.22. The van der Waals surface area contributed by atoms with Gasteiger partial charge in [0.1, 0.15) is 5.82 Å². The molecule has 1 atom stereocenters. The van der Waals surface area contributed by atoms with Crippen LogP contribution in [0.3, 0.4) is 0 Å². The van der Waals surface area contributed by atoms with Crippen molar-refractivity contribution in [3.63, 3.8) is 0 Å². The number of carbonyl (C=O) groups is 1. The minimum Gasteiger partial charge on any atom is -0.304 e. The number of hydrogen-bond acceptors (Lipinski definition) is 3. The quantitative estimate of drug-likeness (QED) is 0.828. The average Bonchev–Trinajstić information content (AvgIpc) is 2.51. The zero-order valence-electron chi connectivity index (χ0n) is 11.6. The summed E-state index contributed by atoms with van der Waals surface area (Å²) in [5, 5.41) is 0. The van der Waals surface area contributed by atoms with Gasteiger partial charge in [-0.05, 0) is 51.3 Å². The molecule has 0 saturated carbocycles. The molecule has 0 aliphatic carbocycles. The SMILES string of the molecule is CN1CCCN(C)C(C(=O)Cc2cccc(F)c2)C1. The van der Waals surface area contributed by atoms with Crippen LogP contribution in [0.15, 0.2) is 24.3 Å². The topological polar surface area (TPSA) is 23.6 Å². The first-order valence-electron chi connectivity index (χ1n) is 6.72. The Hall–Kier alpha value is -1.26. The molecule has 1 aliphatic rings. The molecule has 0 bridgehead atoms. The van der Waals surface area contributed by atoms with E-state index in [4.69, 9.17) is 0 Å².